The van der Waals surface area contributed by atoms with Gasteiger partial charge >= 0.3 is 0 Å². The quantitative estimate of drug-likeness (QED) is 0.649. The molecule has 1 aliphatic carbocycles. The van der Waals surface area contributed by atoms with Gasteiger partial charge in [-0.2, -0.15) is 0 Å². The van der Waals surface area contributed by atoms with E-state index in [1.165, 1.54) is 32.2 Å². The average Bonchev–Trinajstić information content (AvgIpc) is 2.94. The van der Waals surface area contributed by atoms with Gasteiger partial charge in [-0.1, -0.05) is 13.3 Å². The predicted octanol–water partition coefficient (Wildman–Crippen LogP) is 2.58. The smallest absolute Gasteiger partial charge is 0.0518 e. The molecule has 1 atom stereocenters. The first-order chi connectivity index (χ1) is 6.72. The van der Waals surface area contributed by atoms with Gasteiger partial charge in [-0.3, -0.25) is 0 Å². The average molecular weight is 199 g/mol. The molecule has 0 bridgehead atoms. The third kappa shape index (κ3) is 5.61. The van der Waals surface area contributed by atoms with E-state index in [1.807, 2.05) is 0 Å². The van der Waals surface area contributed by atoms with Crippen LogP contribution < -0.4 is 5.32 Å². The first-order valence-corrected chi connectivity index (χ1v) is 6.07. The third-order valence-corrected chi connectivity index (χ3v) is 2.83. The van der Waals surface area contributed by atoms with Gasteiger partial charge in [-0.15, -0.1) is 0 Å². The molecule has 0 aliphatic heterocycles. The maximum atomic E-state index is 5.57. The van der Waals surface area contributed by atoms with Crippen molar-refractivity contribution in [3.8, 4) is 0 Å². The molecule has 0 aromatic carbocycles. The van der Waals surface area contributed by atoms with Crippen molar-refractivity contribution in [3.05, 3.63) is 0 Å². The zero-order chi connectivity index (χ0) is 10.4. The molecule has 0 aromatic rings. The van der Waals surface area contributed by atoms with Crippen LogP contribution in [0.5, 0.6) is 0 Å². The second-order valence-electron chi connectivity index (χ2n) is 4.67. The van der Waals surface area contributed by atoms with Gasteiger partial charge in [-0.25, -0.2) is 0 Å². The highest BCUT2D eigenvalue weighted by molar-refractivity contribution is 4.81. The lowest BCUT2D eigenvalue weighted by atomic mass is 10.0. The van der Waals surface area contributed by atoms with Crippen LogP contribution in [-0.4, -0.2) is 25.3 Å². The number of nitrogens with one attached hydrogen (secondary N) is 1. The molecule has 1 rings (SSSR count). The Labute approximate surface area is 88.4 Å². The molecule has 1 N–H and O–H groups in total. The SMILES string of the molecule is CCC(CCOC(C)C)CNC1CC1. The Hall–Kier alpha value is -0.0800. The van der Waals surface area contributed by atoms with E-state index in [0.29, 0.717) is 6.10 Å². The maximum absolute atomic E-state index is 5.57. The van der Waals surface area contributed by atoms with Gasteiger partial charge in [-0.05, 0) is 45.6 Å². The zero-order valence-electron chi connectivity index (χ0n) is 9.88. The van der Waals surface area contributed by atoms with Gasteiger partial charge in [0, 0.05) is 12.6 Å². The largest absolute Gasteiger partial charge is 0.379 e. The molecule has 0 amide bonds. The lowest BCUT2D eigenvalue weighted by Gasteiger charge is -2.16. The Bertz CT molecular complexity index is 143. The maximum Gasteiger partial charge on any atom is 0.0518 e. The molecular formula is C12H25NO. The van der Waals surface area contributed by atoms with Crippen LogP contribution in [-0.2, 0) is 4.74 Å². The standard InChI is InChI=1S/C12H25NO/c1-4-11(7-8-14-10(2)3)9-13-12-5-6-12/h10-13H,4-9H2,1-3H3. The van der Waals surface area contributed by atoms with E-state index in [0.717, 1.165) is 18.6 Å². The van der Waals surface area contributed by atoms with Crippen molar-refractivity contribution in [2.75, 3.05) is 13.2 Å². The monoisotopic (exact) mass is 199 g/mol. The Morgan fingerprint density at radius 1 is 1.36 bits per heavy atom. The molecule has 0 saturated heterocycles. The lowest BCUT2D eigenvalue weighted by Crippen LogP contribution is -2.25. The van der Waals surface area contributed by atoms with E-state index in [9.17, 15) is 0 Å². The molecule has 0 radical (unpaired) electrons. The first-order valence-electron chi connectivity index (χ1n) is 6.07. The van der Waals surface area contributed by atoms with Crippen LogP contribution in [0.2, 0.25) is 0 Å². The van der Waals surface area contributed by atoms with E-state index in [4.69, 9.17) is 4.74 Å². The van der Waals surface area contributed by atoms with E-state index < -0.39 is 0 Å². The minimum atomic E-state index is 0.379. The molecule has 1 fully saturated rings. The molecule has 1 aliphatic rings. The van der Waals surface area contributed by atoms with Gasteiger partial charge in [0.25, 0.3) is 0 Å². The summed E-state index contributed by atoms with van der Waals surface area (Å²) in [7, 11) is 0. The molecule has 14 heavy (non-hydrogen) atoms. The second kappa shape index (κ2) is 6.41. The Balaban J connectivity index is 1.98. The predicted molar refractivity (Wildman–Crippen MR) is 60.5 cm³/mol. The normalized spacial score (nSPS) is 18.9. The third-order valence-electron chi connectivity index (χ3n) is 2.83. The number of hydrogen-bond donors (Lipinski definition) is 1. The highest BCUT2D eigenvalue weighted by Gasteiger charge is 2.21. The summed E-state index contributed by atoms with van der Waals surface area (Å²) in [6, 6.07) is 0.843. The number of rotatable bonds is 8. The van der Waals surface area contributed by atoms with Crippen molar-refractivity contribution in [1.29, 1.82) is 0 Å². The summed E-state index contributed by atoms with van der Waals surface area (Å²) in [6.07, 6.45) is 5.62. The van der Waals surface area contributed by atoms with Gasteiger partial charge in [0.15, 0.2) is 0 Å². The van der Waals surface area contributed by atoms with Crippen molar-refractivity contribution in [2.45, 2.75) is 58.6 Å². The summed E-state index contributed by atoms with van der Waals surface area (Å²) in [6.45, 7) is 8.58. The van der Waals surface area contributed by atoms with Crippen molar-refractivity contribution < 1.29 is 4.74 Å². The van der Waals surface area contributed by atoms with Crippen molar-refractivity contribution in [2.24, 2.45) is 5.92 Å². The summed E-state index contributed by atoms with van der Waals surface area (Å²) in [5, 5.41) is 3.59. The summed E-state index contributed by atoms with van der Waals surface area (Å²) < 4.78 is 5.57. The van der Waals surface area contributed by atoms with Gasteiger partial charge in [0.2, 0.25) is 0 Å². The van der Waals surface area contributed by atoms with E-state index in [2.05, 4.69) is 26.1 Å². The molecular weight excluding hydrogens is 174 g/mol. The van der Waals surface area contributed by atoms with Crippen LogP contribution in [0.15, 0.2) is 0 Å². The van der Waals surface area contributed by atoms with Crippen LogP contribution in [0.3, 0.4) is 0 Å². The van der Waals surface area contributed by atoms with Crippen LogP contribution in [0.4, 0.5) is 0 Å². The molecule has 2 heteroatoms. The summed E-state index contributed by atoms with van der Waals surface area (Å²) in [4.78, 5) is 0. The zero-order valence-corrected chi connectivity index (χ0v) is 9.88. The van der Waals surface area contributed by atoms with Crippen LogP contribution in [0.1, 0.15) is 46.5 Å². The fourth-order valence-corrected chi connectivity index (χ4v) is 1.54. The highest BCUT2D eigenvalue weighted by Crippen LogP contribution is 2.19. The van der Waals surface area contributed by atoms with Crippen molar-refractivity contribution >= 4 is 0 Å². The fraction of sp³-hybridized carbons (Fsp3) is 1.00. The van der Waals surface area contributed by atoms with Crippen LogP contribution in [0.25, 0.3) is 0 Å². The van der Waals surface area contributed by atoms with Crippen molar-refractivity contribution in [1.82, 2.24) is 5.32 Å². The topological polar surface area (TPSA) is 21.3 Å². The van der Waals surface area contributed by atoms with Gasteiger partial charge in [0.05, 0.1) is 6.10 Å². The van der Waals surface area contributed by atoms with Crippen molar-refractivity contribution in [3.63, 3.8) is 0 Å². The minimum absolute atomic E-state index is 0.379. The Kier molecular flexibility index (Phi) is 5.49. The van der Waals surface area contributed by atoms with Gasteiger partial charge in [0.1, 0.15) is 0 Å². The molecule has 1 unspecified atom stereocenters. The second-order valence-corrected chi connectivity index (χ2v) is 4.67. The fourth-order valence-electron chi connectivity index (χ4n) is 1.54. The van der Waals surface area contributed by atoms with E-state index >= 15 is 0 Å². The number of ether oxygens (including phenoxy) is 1. The summed E-state index contributed by atoms with van der Waals surface area (Å²) in [5.41, 5.74) is 0. The lowest BCUT2D eigenvalue weighted by molar-refractivity contribution is 0.0679. The molecule has 84 valence electrons. The molecule has 1 saturated carbocycles. The summed E-state index contributed by atoms with van der Waals surface area (Å²) in [5.74, 6) is 0.800. The molecule has 0 heterocycles. The van der Waals surface area contributed by atoms with Gasteiger partial charge < -0.3 is 10.1 Å². The van der Waals surface area contributed by atoms with Crippen LogP contribution in [0, 0.1) is 5.92 Å². The molecule has 0 spiro atoms. The van der Waals surface area contributed by atoms with E-state index in [-0.39, 0.29) is 0 Å². The Morgan fingerprint density at radius 3 is 2.57 bits per heavy atom. The van der Waals surface area contributed by atoms with E-state index in [1.54, 1.807) is 0 Å². The summed E-state index contributed by atoms with van der Waals surface area (Å²) >= 11 is 0. The molecule has 0 aromatic heterocycles. The minimum Gasteiger partial charge on any atom is -0.379 e. The highest BCUT2D eigenvalue weighted by atomic mass is 16.5. The Morgan fingerprint density at radius 2 is 2.07 bits per heavy atom. The number of hydrogen-bond acceptors (Lipinski definition) is 2. The first kappa shape index (κ1) is 12.0. The molecule has 2 nitrogen and oxygen atoms in total. The van der Waals surface area contributed by atoms with Crippen LogP contribution >= 0.6 is 0 Å².